The van der Waals surface area contributed by atoms with Gasteiger partial charge in [0.1, 0.15) is 0 Å². The second kappa shape index (κ2) is 7.82. The normalized spacial score (nSPS) is 23.9. The molecule has 3 aliphatic rings. The number of carboxylic acids is 1. The van der Waals surface area contributed by atoms with Crippen molar-refractivity contribution in [3.05, 3.63) is 35.9 Å². The van der Waals surface area contributed by atoms with Crippen molar-refractivity contribution in [2.45, 2.75) is 57.4 Å². The average molecular weight is 329 g/mol. The third-order valence-corrected chi connectivity index (χ3v) is 5.63. The third-order valence-electron chi connectivity index (χ3n) is 5.63. The van der Waals surface area contributed by atoms with Gasteiger partial charge in [-0.25, -0.2) is 0 Å². The zero-order valence-corrected chi connectivity index (χ0v) is 14.2. The molecule has 0 aromatic heterocycles. The molecule has 0 radical (unpaired) electrons. The highest BCUT2D eigenvalue weighted by Gasteiger charge is 2.36. The minimum absolute atomic E-state index is 0.108. The maximum atomic E-state index is 12.8. The van der Waals surface area contributed by atoms with Crippen LogP contribution in [0, 0.1) is 11.8 Å². The summed E-state index contributed by atoms with van der Waals surface area (Å²) in [5, 5.41) is 9.00. The van der Waals surface area contributed by atoms with Gasteiger partial charge in [0, 0.05) is 25.4 Å². The molecule has 1 atom stereocenters. The number of hydrogen-bond donors (Lipinski definition) is 1. The Labute approximate surface area is 143 Å². The summed E-state index contributed by atoms with van der Waals surface area (Å²) in [6, 6.07) is 10.5. The molecule has 1 aromatic rings. The van der Waals surface area contributed by atoms with E-state index in [0.717, 1.165) is 25.8 Å². The number of benzene rings is 1. The monoisotopic (exact) mass is 329 g/mol. The molecule has 24 heavy (non-hydrogen) atoms. The summed E-state index contributed by atoms with van der Waals surface area (Å²) >= 11 is 0. The van der Waals surface area contributed by atoms with Gasteiger partial charge in [-0.15, -0.1) is 0 Å². The highest BCUT2D eigenvalue weighted by molar-refractivity contribution is 5.77. The van der Waals surface area contributed by atoms with Gasteiger partial charge < -0.3 is 10.0 Å². The maximum Gasteiger partial charge on any atom is 0.303 e. The van der Waals surface area contributed by atoms with Crippen molar-refractivity contribution >= 4 is 11.9 Å². The standard InChI is InChI=1S/C20H27NO3/c22-19(21-14-16-6-9-18(21)10-7-16)13-17(8-11-20(23)24)12-15-4-2-1-3-5-15/h1-5,16-18H,6-14H2,(H,23,24)/t16?,17-,18?/m0/s1. The van der Waals surface area contributed by atoms with Gasteiger partial charge >= 0.3 is 5.97 Å². The predicted molar refractivity (Wildman–Crippen MR) is 92.6 cm³/mol. The van der Waals surface area contributed by atoms with Crippen LogP contribution in [0.2, 0.25) is 0 Å². The number of hydrogen-bond acceptors (Lipinski definition) is 2. The number of carbonyl (C=O) groups is 2. The molecule has 1 N–H and O–H groups in total. The fraction of sp³-hybridized carbons (Fsp3) is 0.600. The Morgan fingerprint density at radius 3 is 2.42 bits per heavy atom. The first-order valence-corrected chi connectivity index (χ1v) is 9.17. The Kier molecular flexibility index (Phi) is 5.54. The number of nitrogens with zero attached hydrogens (tertiary/aromatic N) is 1. The molecule has 2 heterocycles. The van der Waals surface area contributed by atoms with Crippen molar-refractivity contribution in [1.82, 2.24) is 4.90 Å². The molecule has 4 rings (SSSR count). The third kappa shape index (κ3) is 4.37. The summed E-state index contributed by atoms with van der Waals surface area (Å²) in [5.41, 5.74) is 1.18. The van der Waals surface area contributed by atoms with Gasteiger partial charge in [0.15, 0.2) is 0 Å². The fourth-order valence-electron chi connectivity index (χ4n) is 4.29. The predicted octanol–water partition coefficient (Wildman–Crippen LogP) is 3.50. The van der Waals surface area contributed by atoms with E-state index in [0.29, 0.717) is 24.8 Å². The van der Waals surface area contributed by atoms with Crippen LogP contribution >= 0.6 is 0 Å². The molecule has 4 nitrogen and oxygen atoms in total. The lowest BCUT2D eigenvalue weighted by Crippen LogP contribution is -2.51. The smallest absolute Gasteiger partial charge is 0.303 e. The van der Waals surface area contributed by atoms with E-state index >= 15 is 0 Å². The van der Waals surface area contributed by atoms with Crippen LogP contribution in [0.1, 0.15) is 50.5 Å². The summed E-state index contributed by atoms with van der Waals surface area (Å²) < 4.78 is 0. The lowest BCUT2D eigenvalue weighted by molar-refractivity contribution is -0.141. The summed E-state index contributed by atoms with van der Waals surface area (Å²) in [6.45, 7) is 0.917. The van der Waals surface area contributed by atoms with Gasteiger partial charge in [0.25, 0.3) is 0 Å². The van der Waals surface area contributed by atoms with Crippen molar-refractivity contribution in [3.63, 3.8) is 0 Å². The molecule has 4 heteroatoms. The number of rotatable bonds is 7. The van der Waals surface area contributed by atoms with Crippen LogP contribution < -0.4 is 0 Å². The van der Waals surface area contributed by atoms with Gasteiger partial charge in [0.05, 0.1) is 0 Å². The molecule has 1 saturated carbocycles. The molecule has 1 amide bonds. The van der Waals surface area contributed by atoms with Crippen molar-refractivity contribution in [3.8, 4) is 0 Å². The second-order valence-electron chi connectivity index (χ2n) is 7.41. The van der Waals surface area contributed by atoms with Crippen LogP contribution in [0.4, 0.5) is 0 Å². The van der Waals surface area contributed by atoms with Crippen LogP contribution in [0.3, 0.4) is 0 Å². The Hall–Kier alpha value is -1.84. The van der Waals surface area contributed by atoms with Gasteiger partial charge in [-0.2, -0.15) is 0 Å². The van der Waals surface area contributed by atoms with E-state index < -0.39 is 5.97 Å². The van der Waals surface area contributed by atoms with E-state index in [-0.39, 0.29) is 18.2 Å². The molecule has 1 aromatic carbocycles. The summed E-state index contributed by atoms with van der Waals surface area (Å²) in [5.74, 6) is 0.246. The highest BCUT2D eigenvalue weighted by atomic mass is 16.4. The molecular weight excluding hydrogens is 302 g/mol. The molecule has 2 bridgehead atoms. The number of carbonyl (C=O) groups excluding carboxylic acids is 1. The van der Waals surface area contributed by atoms with Crippen molar-refractivity contribution in [1.29, 1.82) is 0 Å². The maximum absolute atomic E-state index is 12.8. The van der Waals surface area contributed by atoms with Gasteiger partial charge in [-0.1, -0.05) is 30.3 Å². The van der Waals surface area contributed by atoms with Gasteiger partial charge in [-0.05, 0) is 55.9 Å². The molecule has 2 aliphatic heterocycles. The molecule has 3 fully saturated rings. The van der Waals surface area contributed by atoms with Crippen LogP contribution in [0.25, 0.3) is 0 Å². The molecule has 2 saturated heterocycles. The first kappa shape index (κ1) is 17.0. The summed E-state index contributed by atoms with van der Waals surface area (Å²) in [7, 11) is 0. The van der Waals surface area contributed by atoms with E-state index in [2.05, 4.69) is 17.0 Å². The van der Waals surface area contributed by atoms with Gasteiger partial charge in [-0.3, -0.25) is 9.59 Å². The zero-order valence-electron chi connectivity index (χ0n) is 14.2. The van der Waals surface area contributed by atoms with Crippen LogP contribution in [-0.2, 0) is 16.0 Å². The molecule has 0 spiro atoms. The van der Waals surface area contributed by atoms with E-state index in [1.165, 1.54) is 18.4 Å². The van der Waals surface area contributed by atoms with Crippen molar-refractivity contribution < 1.29 is 14.7 Å². The molecule has 130 valence electrons. The minimum atomic E-state index is -0.780. The largest absolute Gasteiger partial charge is 0.481 e. The number of aliphatic carboxylic acids is 1. The number of amides is 1. The lowest BCUT2D eigenvalue weighted by Gasteiger charge is -2.45. The van der Waals surface area contributed by atoms with E-state index in [9.17, 15) is 9.59 Å². The quantitative estimate of drug-likeness (QED) is 0.833. The van der Waals surface area contributed by atoms with Crippen molar-refractivity contribution in [2.24, 2.45) is 11.8 Å². The summed E-state index contributed by atoms with van der Waals surface area (Å²) in [4.78, 5) is 25.9. The van der Waals surface area contributed by atoms with Crippen LogP contribution in [0.5, 0.6) is 0 Å². The summed E-state index contributed by atoms with van der Waals surface area (Å²) in [6.07, 6.45) is 6.79. The van der Waals surface area contributed by atoms with Crippen LogP contribution in [0.15, 0.2) is 30.3 Å². The second-order valence-corrected chi connectivity index (χ2v) is 7.41. The number of piperidine rings is 2. The molecule has 1 aliphatic carbocycles. The first-order chi connectivity index (χ1) is 11.6. The Morgan fingerprint density at radius 1 is 1.12 bits per heavy atom. The van der Waals surface area contributed by atoms with E-state index in [1.807, 2.05) is 18.2 Å². The van der Waals surface area contributed by atoms with Crippen LogP contribution in [-0.4, -0.2) is 34.5 Å². The topological polar surface area (TPSA) is 57.6 Å². The number of carboxylic acid groups (broad SMARTS) is 1. The lowest BCUT2D eigenvalue weighted by atomic mass is 9.79. The Morgan fingerprint density at radius 2 is 1.83 bits per heavy atom. The average Bonchev–Trinajstić information content (AvgIpc) is 2.61. The van der Waals surface area contributed by atoms with E-state index in [1.54, 1.807) is 0 Å². The van der Waals surface area contributed by atoms with Crippen molar-refractivity contribution in [2.75, 3.05) is 6.54 Å². The zero-order chi connectivity index (χ0) is 16.9. The Balaban J connectivity index is 1.61. The Bertz CT molecular complexity index is 564. The minimum Gasteiger partial charge on any atom is -0.481 e. The SMILES string of the molecule is O=C(O)CC[C@H](CC(=O)N1CC2CCC1CC2)Cc1ccccc1. The van der Waals surface area contributed by atoms with Gasteiger partial charge in [0.2, 0.25) is 5.91 Å². The molecule has 0 unspecified atom stereocenters. The fourth-order valence-corrected chi connectivity index (χ4v) is 4.29. The van der Waals surface area contributed by atoms with E-state index in [4.69, 9.17) is 5.11 Å². The highest BCUT2D eigenvalue weighted by Crippen LogP contribution is 2.35. The number of fused-ring (bicyclic) bond motifs is 3. The first-order valence-electron chi connectivity index (χ1n) is 9.17. The molecular formula is C20H27NO3.